The van der Waals surface area contributed by atoms with Crippen LogP contribution in [-0.4, -0.2) is 24.7 Å². The molecular weight excluding hydrogens is 185 g/mol. The Balaban J connectivity index is 3.68. The second-order valence-electron chi connectivity index (χ2n) is 2.59. The summed E-state index contributed by atoms with van der Waals surface area (Å²) in [4.78, 5) is 0. The van der Waals surface area contributed by atoms with Gasteiger partial charge in [0.2, 0.25) is 0 Å². The number of rotatable bonds is 5. The number of amidine groups is 1. The normalized spacial score (nSPS) is 14.2. The third-order valence-electron chi connectivity index (χ3n) is 1.42. The summed E-state index contributed by atoms with van der Waals surface area (Å²) in [6, 6.07) is 0. The molecule has 0 aromatic carbocycles. The lowest BCUT2D eigenvalue weighted by Crippen LogP contribution is -2.31. The van der Waals surface area contributed by atoms with Gasteiger partial charge in [-0.1, -0.05) is 6.92 Å². The Bertz CT molecular complexity index is 170. The van der Waals surface area contributed by atoms with Crippen molar-refractivity contribution >= 4 is 5.84 Å². The second kappa shape index (κ2) is 5.06. The number of hydrogen-bond donors (Lipinski definition) is 2. The van der Waals surface area contributed by atoms with E-state index in [2.05, 4.69) is 0 Å². The lowest BCUT2D eigenvalue weighted by Gasteiger charge is -2.14. The SMILES string of the molecule is CCC(OCCC(F)(F)F)C(=N)N. The number of hydrogen-bond acceptors (Lipinski definition) is 2. The minimum absolute atomic E-state index is 0.232. The summed E-state index contributed by atoms with van der Waals surface area (Å²) in [5, 5.41) is 6.96. The van der Waals surface area contributed by atoms with E-state index in [0.29, 0.717) is 6.42 Å². The zero-order valence-electron chi connectivity index (χ0n) is 7.32. The summed E-state index contributed by atoms with van der Waals surface area (Å²) in [5.41, 5.74) is 5.07. The highest BCUT2D eigenvalue weighted by molar-refractivity contribution is 5.81. The summed E-state index contributed by atoms with van der Waals surface area (Å²) < 4.78 is 39.7. The predicted octanol–water partition coefficient (Wildman–Crippen LogP) is 1.67. The molecule has 0 amide bonds. The van der Waals surface area contributed by atoms with Gasteiger partial charge in [0, 0.05) is 0 Å². The standard InChI is InChI=1S/C7H13F3N2O/c1-2-5(6(11)12)13-4-3-7(8,9)10/h5H,2-4H2,1H3,(H3,11,12). The van der Waals surface area contributed by atoms with Crippen molar-refractivity contribution in [2.24, 2.45) is 5.73 Å². The van der Waals surface area contributed by atoms with Crippen LogP contribution in [0.4, 0.5) is 13.2 Å². The largest absolute Gasteiger partial charge is 0.391 e. The monoisotopic (exact) mass is 198 g/mol. The molecule has 1 unspecified atom stereocenters. The molecule has 0 spiro atoms. The molecule has 0 rings (SSSR count). The Morgan fingerprint density at radius 1 is 1.54 bits per heavy atom. The van der Waals surface area contributed by atoms with Gasteiger partial charge < -0.3 is 10.5 Å². The van der Waals surface area contributed by atoms with Gasteiger partial charge in [-0.2, -0.15) is 13.2 Å². The molecule has 0 aliphatic heterocycles. The van der Waals surface area contributed by atoms with E-state index in [1.807, 2.05) is 0 Å². The molecule has 0 aliphatic rings. The van der Waals surface area contributed by atoms with Crippen LogP contribution in [-0.2, 0) is 4.74 Å². The minimum Gasteiger partial charge on any atom is -0.385 e. The quantitative estimate of drug-likeness (QED) is 0.521. The van der Waals surface area contributed by atoms with Crippen LogP contribution < -0.4 is 5.73 Å². The number of alkyl halides is 3. The number of halogens is 3. The van der Waals surface area contributed by atoms with Crippen molar-refractivity contribution in [3.05, 3.63) is 0 Å². The molecule has 3 nitrogen and oxygen atoms in total. The fraction of sp³-hybridized carbons (Fsp3) is 0.857. The Morgan fingerprint density at radius 2 is 2.08 bits per heavy atom. The van der Waals surface area contributed by atoms with Gasteiger partial charge in [-0.3, -0.25) is 5.41 Å². The highest BCUT2D eigenvalue weighted by Gasteiger charge is 2.27. The van der Waals surface area contributed by atoms with Crippen LogP contribution in [0.2, 0.25) is 0 Å². The molecule has 13 heavy (non-hydrogen) atoms. The Kier molecular flexibility index (Phi) is 4.76. The molecule has 0 aliphatic carbocycles. The molecule has 0 saturated carbocycles. The van der Waals surface area contributed by atoms with Crippen LogP contribution in [0.15, 0.2) is 0 Å². The van der Waals surface area contributed by atoms with Crippen molar-refractivity contribution in [2.45, 2.75) is 32.0 Å². The Labute approximate surface area is 74.6 Å². The van der Waals surface area contributed by atoms with Crippen LogP contribution in [0.5, 0.6) is 0 Å². The first-order chi connectivity index (χ1) is 5.87. The molecule has 0 saturated heterocycles. The van der Waals surface area contributed by atoms with Gasteiger partial charge >= 0.3 is 6.18 Å². The number of nitrogens with one attached hydrogen (secondary N) is 1. The highest BCUT2D eigenvalue weighted by Crippen LogP contribution is 2.19. The molecule has 3 N–H and O–H groups in total. The van der Waals surface area contributed by atoms with E-state index in [0.717, 1.165) is 0 Å². The summed E-state index contributed by atoms with van der Waals surface area (Å²) in [6.07, 6.45) is -5.50. The zero-order chi connectivity index (χ0) is 10.5. The van der Waals surface area contributed by atoms with Gasteiger partial charge in [0.05, 0.1) is 13.0 Å². The van der Waals surface area contributed by atoms with Gasteiger partial charge in [0.1, 0.15) is 11.9 Å². The smallest absolute Gasteiger partial charge is 0.385 e. The first-order valence-electron chi connectivity index (χ1n) is 3.89. The lowest BCUT2D eigenvalue weighted by atomic mass is 10.2. The van der Waals surface area contributed by atoms with Crippen LogP contribution in [0.1, 0.15) is 19.8 Å². The molecule has 1 atom stereocenters. The van der Waals surface area contributed by atoms with E-state index in [9.17, 15) is 13.2 Å². The predicted molar refractivity (Wildman–Crippen MR) is 42.6 cm³/mol. The third kappa shape index (κ3) is 6.39. The molecule has 0 heterocycles. The average Bonchev–Trinajstić information content (AvgIpc) is 1.95. The molecule has 0 bridgehead atoms. The van der Waals surface area contributed by atoms with Crippen LogP contribution >= 0.6 is 0 Å². The fourth-order valence-corrected chi connectivity index (χ4v) is 0.744. The molecular formula is C7H13F3N2O. The van der Waals surface area contributed by atoms with E-state index in [1.165, 1.54) is 0 Å². The maximum Gasteiger partial charge on any atom is 0.391 e. The van der Waals surface area contributed by atoms with Gasteiger partial charge in [0.25, 0.3) is 0 Å². The first kappa shape index (κ1) is 12.2. The van der Waals surface area contributed by atoms with Crippen molar-refractivity contribution in [3.63, 3.8) is 0 Å². The van der Waals surface area contributed by atoms with E-state index < -0.39 is 25.3 Å². The van der Waals surface area contributed by atoms with E-state index >= 15 is 0 Å². The Morgan fingerprint density at radius 3 is 2.38 bits per heavy atom. The fourth-order valence-electron chi connectivity index (χ4n) is 0.744. The minimum atomic E-state index is -4.21. The van der Waals surface area contributed by atoms with E-state index in [1.54, 1.807) is 6.92 Å². The summed E-state index contributed by atoms with van der Waals surface area (Å²) in [5.74, 6) is -0.232. The van der Waals surface area contributed by atoms with E-state index in [4.69, 9.17) is 15.9 Å². The number of nitrogens with two attached hydrogens (primary N) is 1. The van der Waals surface area contributed by atoms with Crippen molar-refractivity contribution in [2.75, 3.05) is 6.61 Å². The van der Waals surface area contributed by atoms with Crippen molar-refractivity contribution in [1.29, 1.82) is 5.41 Å². The zero-order valence-corrected chi connectivity index (χ0v) is 7.32. The van der Waals surface area contributed by atoms with Gasteiger partial charge in [-0.25, -0.2) is 0 Å². The molecule has 0 radical (unpaired) electrons. The molecule has 0 fully saturated rings. The summed E-state index contributed by atoms with van der Waals surface area (Å²) in [7, 11) is 0. The van der Waals surface area contributed by atoms with Crippen LogP contribution in [0, 0.1) is 5.41 Å². The van der Waals surface area contributed by atoms with Crippen molar-refractivity contribution < 1.29 is 17.9 Å². The van der Waals surface area contributed by atoms with Gasteiger partial charge in [-0.05, 0) is 6.42 Å². The topological polar surface area (TPSA) is 59.1 Å². The average molecular weight is 198 g/mol. The molecule has 0 aromatic heterocycles. The molecule has 6 heteroatoms. The van der Waals surface area contributed by atoms with Crippen molar-refractivity contribution in [1.82, 2.24) is 0 Å². The third-order valence-corrected chi connectivity index (χ3v) is 1.42. The van der Waals surface area contributed by atoms with Crippen LogP contribution in [0.25, 0.3) is 0 Å². The van der Waals surface area contributed by atoms with Crippen molar-refractivity contribution in [3.8, 4) is 0 Å². The summed E-state index contributed by atoms with van der Waals surface area (Å²) >= 11 is 0. The second-order valence-corrected chi connectivity index (χ2v) is 2.59. The number of ether oxygens (including phenoxy) is 1. The maximum atomic E-state index is 11.6. The van der Waals surface area contributed by atoms with Gasteiger partial charge in [-0.15, -0.1) is 0 Å². The van der Waals surface area contributed by atoms with Gasteiger partial charge in [0.15, 0.2) is 0 Å². The Hall–Kier alpha value is -0.780. The molecule has 78 valence electrons. The lowest BCUT2D eigenvalue weighted by molar-refractivity contribution is -0.146. The highest BCUT2D eigenvalue weighted by atomic mass is 19.4. The van der Waals surface area contributed by atoms with E-state index in [-0.39, 0.29) is 5.84 Å². The first-order valence-corrected chi connectivity index (χ1v) is 3.89. The van der Waals surface area contributed by atoms with Crippen LogP contribution in [0.3, 0.4) is 0 Å². The molecule has 0 aromatic rings. The summed E-state index contributed by atoms with van der Waals surface area (Å²) in [6.45, 7) is 1.25. The maximum absolute atomic E-state index is 11.6.